The quantitative estimate of drug-likeness (QED) is 0.739. The number of aromatic nitrogens is 1. The van der Waals surface area contributed by atoms with Crippen LogP contribution >= 0.6 is 24.2 Å². The zero-order valence-corrected chi connectivity index (χ0v) is 14.3. The van der Waals surface area contributed by atoms with Crippen LogP contribution in [0.15, 0.2) is 41.0 Å². The van der Waals surface area contributed by atoms with E-state index in [0.717, 1.165) is 5.56 Å². The second kappa shape index (κ2) is 9.61. The Hall–Kier alpha value is -1.64. The van der Waals surface area contributed by atoms with Crippen LogP contribution < -0.4 is 11.1 Å². The van der Waals surface area contributed by atoms with Gasteiger partial charge in [-0.25, -0.2) is 13.8 Å². The maximum absolute atomic E-state index is 12.9. The summed E-state index contributed by atoms with van der Waals surface area (Å²) in [7, 11) is 0. The highest BCUT2D eigenvalue weighted by Gasteiger charge is 2.26. The second-order valence-electron chi connectivity index (χ2n) is 4.84. The molecule has 0 aliphatic heterocycles. The summed E-state index contributed by atoms with van der Waals surface area (Å²) in [6, 6.07) is 9.43. The molecule has 24 heavy (non-hydrogen) atoms. The molecule has 0 saturated heterocycles. The molecule has 0 radical (unpaired) electrons. The summed E-state index contributed by atoms with van der Waals surface area (Å²) in [5, 5.41) is 2.16. The molecule has 0 fully saturated rings. The predicted molar refractivity (Wildman–Crippen MR) is 92.4 cm³/mol. The molecule has 0 bridgehead atoms. The summed E-state index contributed by atoms with van der Waals surface area (Å²) in [5.41, 5.74) is 6.45. The lowest BCUT2D eigenvalue weighted by molar-refractivity contribution is -0.120. The van der Waals surface area contributed by atoms with Crippen molar-refractivity contribution in [2.75, 3.05) is 18.8 Å². The minimum Gasteiger partial charge on any atom is -0.444 e. The van der Waals surface area contributed by atoms with Crippen LogP contribution in [-0.2, 0) is 10.5 Å². The van der Waals surface area contributed by atoms with Gasteiger partial charge >= 0.3 is 0 Å². The SMILES string of the molecule is Cl.NCC(F)(F)CNC(=O)CSCc1coc(-c2ccccc2)n1. The minimum absolute atomic E-state index is 0. The molecule has 9 heteroatoms. The van der Waals surface area contributed by atoms with Crippen molar-refractivity contribution in [3.63, 3.8) is 0 Å². The third kappa shape index (κ3) is 6.46. The van der Waals surface area contributed by atoms with Crippen molar-refractivity contribution in [2.24, 2.45) is 5.73 Å². The fraction of sp³-hybridized carbons (Fsp3) is 0.333. The zero-order chi connectivity index (χ0) is 16.7. The molecule has 0 aliphatic rings. The maximum atomic E-state index is 12.9. The Labute approximate surface area is 148 Å². The Balaban J connectivity index is 0.00000288. The molecule has 0 atom stereocenters. The Kier molecular flexibility index (Phi) is 8.17. The lowest BCUT2D eigenvalue weighted by Gasteiger charge is -2.14. The number of hydrogen-bond acceptors (Lipinski definition) is 5. The molecule has 0 unspecified atom stereocenters. The molecule has 0 saturated carbocycles. The number of carbonyl (C=O) groups is 1. The largest absolute Gasteiger partial charge is 0.444 e. The van der Waals surface area contributed by atoms with Crippen molar-refractivity contribution in [1.29, 1.82) is 0 Å². The lowest BCUT2D eigenvalue weighted by atomic mass is 10.2. The first kappa shape index (κ1) is 20.4. The van der Waals surface area contributed by atoms with Crippen molar-refractivity contribution in [1.82, 2.24) is 10.3 Å². The highest BCUT2D eigenvalue weighted by Crippen LogP contribution is 2.20. The van der Waals surface area contributed by atoms with E-state index in [-0.39, 0.29) is 18.2 Å². The van der Waals surface area contributed by atoms with Crippen LogP contribution in [-0.4, -0.2) is 35.7 Å². The molecule has 132 valence electrons. The Morgan fingerprint density at radius 1 is 1.33 bits per heavy atom. The molecule has 1 aromatic carbocycles. The van der Waals surface area contributed by atoms with Gasteiger partial charge in [-0.15, -0.1) is 24.2 Å². The minimum atomic E-state index is -3.07. The van der Waals surface area contributed by atoms with Gasteiger partial charge in [0.05, 0.1) is 24.5 Å². The first-order valence-corrected chi connectivity index (χ1v) is 8.08. The van der Waals surface area contributed by atoms with Crippen molar-refractivity contribution in [3.8, 4) is 11.5 Å². The predicted octanol–water partition coefficient (Wildman–Crippen LogP) is 2.71. The van der Waals surface area contributed by atoms with Crippen molar-refractivity contribution >= 4 is 30.1 Å². The van der Waals surface area contributed by atoms with Gasteiger partial charge in [-0.05, 0) is 12.1 Å². The van der Waals surface area contributed by atoms with Gasteiger partial charge < -0.3 is 15.5 Å². The second-order valence-corrected chi connectivity index (χ2v) is 5.83. The van der Waals surface area contributed by atoms with Crippen LogP contribution in [0.5, 0.6) is 0 Å². The first-order chi connectivity index (χ1) is 11.0. The van der Waals surface area contributed by atoms with Gasteiger partial charge in [-0.3, -0.25) is 4.79 Å². The van der Waals surface area contributed by atoms with E-state index in [1.165, 1.54) is 18.0 Å². The highest BCUT2D eigenvalue weighted by molar-refractivity contribution is 7.99. The molecule has 0 aliphatic carbocycles. The number of nitrogens with zero attached hydrogens (tertiary/aromatic N) is 1. The van der Waals surface area contributed by atoms with Gasteiger partial charge in [0.2, 0.25) is 11.8 Å². The third-order valence-corrected chi connectivity index (χ3v) is 3.86. The maximum Gasteiger partial charge on any atom is 0.277 e. The molecule has 0 spiro atoms. The number of alkyl halides is 2. The molecular weight excluding hydrogens is 360 g/mol. The Morgan fingerprint density at radius 2 is 2.04 bits per heavy atom. The molecular formula is C15H18ClF2N3O2S. The standard InChI is InChI=1S/C15H17F2N3O2S.ClH/c16-15(17,9-18)10-19-13(21)8-23-7-12-6-22-14(20-12)11-4-2-1-3-5-11;/h1-6H,7-10,18H2,(H,19,21);1H. The number of oxazole rings is 1. The van der Waals surface area contributed by atoms with Crippen LogP contribution in [0.4, 0.5) is 8.78 Å². The molecule has 5 nitrogen and oxygen atoms in total. The monoisotopic (exact) mass is 377 g/mol. The summed E-state index contributed by atoms with van der Waals surface area (Å²) in [6.45, 7) is -1.54. The van der Waals surface area contributed by atoms with Crippen LogP contribution in [0.1, 0.15) is 5.69 Å². The summed E-state index contributed by atoms with van der Waals surface area (Å²) in [4.78, 5) is 15.8. The van der Waals surface area contributed by atoms with Crippen molar-refractivity contribution < 1.29 is 18.0 Å². The Bertz CT molecular complexity index is 641. The summed E-state index contributed by atoms with van der Waals surface area (Å²) >= 11 is 1.27. The van der Waals surface area contributed by atoms with E-state index < -0.39 is 24.9 Å². The molecule has 1 aromatic heterocycles. The lowest BCUT2D eigenvalue weighted by Crippen LogP contribution is -2.42. The van der Waals surface area contributed by atoms with E-state index in [2.05, 4.69) is 10.3 Å². The fourth-order valence-electron chi connectivity index (χ4n) is 1.69. The van der Waals surface area contributed by atoms with Crippen LogP contribution in [0.25, 0.3) is 11.5 Å². The number of thioether (sulfide) groups is 1. The van der Waals surface area contributed by atoms with E-state index >= 15 is 0 Å². The first-order valence-electron chi connectivity index (χ1n) is 6.92. The summed E-state index contributed by atoms with van der Waals surface area (Å²) in [6.07, 6.45) is 1.52. The van der Waals surface area contributed by atoms with Gasteiger partial charge in [-0.1, -0.05) is 18.2 Å². The summed E-state index contributed by atoms with van der Waals surface area (Å²) in [5.74, 6) is -2.51. The van der Waals surface area contributed by atoms with E-state index in [1.54, 1.807) is 0 Å². The van der Waals surface area contributed by atoms with Crippen LogP contribution in [0.2, 0.25) is 0 Å². The Morgan fingerprint density at radius 3 is 2.71 bits per heavy atom. The van der Waals surface area contributed by atoms with E-state index in [9.17, 15) is 13.6 Å². The number of halogens is 3. The molecule has 3 N–H and O–H groups in total. The third-order valence-electron chi connectivity index (χ3n) is 2.90. The number of hydrogen-bond donors (Lipinski definition) is 2. The van der Waals surface area contributed by atoms with Crippen molar-refractivity contribution in [3.05, 3.63) is 42.3 Å². The van der Waals surface area contributed by atoms with Gasteiger partial charge in [0.25, 0.3) is 5.92 Å². The van der Waals surface area contributed by atoms with Gasteiger partial charge in [0.1, 0.15) is 6.26 Å². The summed E-state index contributed by atoms with van der Waals surface area (Å²) < 4.78 is 31.2. The van der Waals surface area contributed by atoms with Crippen LogP contribution in [0.3, 0.4) is 0 Å². The topological polar surface area (TPSA) is 81.1 Å². The molecule has 1 amide bonds. The number of rotatable bonds is 8. The highest BCUT2D eigenvalue weighted by atomic mass is 35.5. The van der Waals surface area contributed by atoms with Crippen molar-refractivity contribution in [2.45, 2.75) is 11.7 Å². The smallest absolute Gasteiger partial charge is 0.277 e. The molecule has 2 aromatic rings. The number of nitrogens with one attached hydrogen (secondary N) is 1. The normalized spacial score (nSPS) is 11.0. The molecule has 2 rings (SSSR count). The molecule has 1 heterocycles. The number of nitrogens with two attached hydrogens (primary N) is 1. The average Bonchev–Trinajstić information content (AvgIpc) is 3.03. The zero-order valence-electron chi connectivity index (χ0n) is 12.7. The van der Waals surface area contributed by atoms with Gasteiger partial charge in [0, 0.05) is 11.3 Å². The van der Waals surface area contributed by atoms with Crippen LogP contribution in [0, 0.1) is 0 Å². The van der Waals surface area contributed by atoms with E-state index in [1.807, 2.05) is 30.3 Å². The number of amides is 1. The number of benzene rings is 1. The van der Waals surface area contributed by atoms with Gasteiger partial charge in [0.15, 0.2) is 0 Å². The number of carbonyl (C=O) groups excluding carboxylic acids is 1. The van der Waals surface area contributed by atoms with Gasteiger partial charge in [-0.2, -0.15) is 0 Å². The fourth-order valence-corrected chi connectivity index (χ4v) is 2.42. The van der Waals surface area contributed by atoms with E-state index in [0.29, 0.717) is 17.3 Å². The average molecular weight is 378 g/mol. The van der Waals surface area contributed by atoms with E-state index in [4.69, 9.17) is 10.2 Å².